The molecule has 1 spiro atoms. The molecule has 1 saturated carbocycles. The van der Waals surface area contributed by atoms with Gasteiger partial charge in [0.25, 0.3) is 0 Å². The van der Waals surface area contributed by atoms with E-state index in [1.54, 1.807) is 17.8 Å². The molecule has 1 aliphatic carbocycles. The highest BCUT2D eigenvalue weighted by Gasteiger charge is 2.34. The minimum atomic E-state index is -0.290. The first-order valence-corrected chi connectivity index (χ1v) is 8.43. The highest BCUT2D eigenvalue weighted by molar-refractivity contribution is 8.14. The summed E-state index contributed by atoms with van der Waals surface area (Å²) in [5, 5.41) is 4.53. The number of hydrogen-bond donors (Lipinski definition) is 1. The molecule has 1 fully saturated rings. The highest BCUT2D eigenvalue weighted by atomic mass is 35.5. The summed E-state index contributed by atoms with van der Waals surface area (Å²) in [6.07, 6.45) is 6.60. The van der Waals surface area contributed by atoms with Gasteiger partial charge < -0.3 is 5.32 Å². The molecule has 3 rings (SSSR count). The van der Waals surface area contributed by atoms with E-state index in [9.17, 15) is 4.39 Å². The summed E-state index contributed by atoms with van der Waals surface area (Å²) in [5.41, 5.74) is 0.998. The van der Waals surface area contributed by atoms with Crippen molar-refractivity contribution in [2.75, 3.05) is 17.6 Å². The molecule has 0 atom stereocenters. The van der Waals surface area contributed by atoms with Gasteiger partial charge in [0, 0.05) is 12.3 Å². The lowest BCUT2D eigenvalue weighted by atomic mass is 9.75. The van der Waals surface area contributed by atoms with Gasteiger partial charge in [0.15, 0.2) is 5.17 Å². The number of hydrogen-bond acceptors (Lipinski definition) is 3. The quantitative estimate of drug-likeness (QED) is 0.794. The van der Waals surface area contributed by atoms with Crippen molar-refractivity contribution >= 4 is 34.2 Å². The first-order valence-electron chi connectivity index (χ1n) is 7.06. The maximum atomic E-state index is 13.2. The molecule has 1 heterocycles. The van der Waals surface area contributed by atoms with Crippen LogP contribution < -0.4 is 5.32 Å². The Labute approximate surface area is 128 Å². The lowest BCUT2D eigenvalue weighted by Crippen LogP contribution is -2.35. The molecular weight excluding hydrogens is 295 g/mol. The SMILES string of the molecule is Fc1ccc(Cl)c(NC2=NCC3(CCCCC3)CS2)c1. The van der Waals surface area contributed by atoms with Crippen LogP contribution in [-0.2, 0) is 0 Å². The molecule has 108 valence electrons. The van der Waals surface area contributed by atoms with E-state index in [-0.39, 0.29) is 5.82 Å². The number of aliphatic imine (C=N–C) groups is 1. The van der Waals surface area contributed by atoms with Gasteiger partial charge in [0.05, 0.1) is 10.7 Å². The van der Waals surface area contributed by atoms with E-state index < -0.39 is 0 Å². The largest absolute Gasteiger partial charge is 0.334 e. The zero-order valence-electron chi connectivity index (χ0n) is 11.3. The fraction of sp³-hybridized carbons (Fsp3) is 0.533. The van der Waals surface area contributed by atoms with Crippen molar-refractivity contribution < 1.29 is 4.39 Å². The molecule has 1 N–H and O–H groups in total. The predicted molar refractivity (Wildman–Crippen MR) is 85.3 cm³/mol. The molecule has 1 aliphatic heterocycles. The van der Waals surface area contributed by atoms with Gasteiger partial charge in [0.1, 0.15) is 5.82 Å². The van der Waals surface area contributed by atoms with E-state index in [0.717, 1.165) is 17.5 Å². The second-order valence-corrected chi connectivity index (χ2v) is 7.09. The third-order valence-electron chi connectivity index (χ3n) is 4.16. The van der Waals surface area contributed by atoms with Crippen LogP contribution in [0.4, 0.5) is 10.1 Å². The predicted octanol–water partition coefficient (Wildman–Crippen LogP) is 4.94. The lowest BCUT2D eigenvalue weighted by molar-refractivity contribution is 0.232. The Morgan fingerprint density at radius 3 is 2.75 bits per heavy atom. The van der Waals surface area contributed by atoms with Crippen LogP contribution >= 0.6 is 23.4 Å². The van der Waals surface area contributed by atoms with Gasteiger partial charge in [-0.25, -0.2) is 4.39 Å². The summed E-state index contributed by atoms with van der Waals surface area (Å²) in [7, 11) is 0. The van der Waals surface area contributed by atoms with E-state index in [2.05, 4.69) is 10.3 Å². The molecule has 0 radical (unpaired) electrons. The minimum absolute atomic E-state index is 0.290. The van der Waals surface area contributed by atoms with Crippen molar-refractivity contribution in [3.05, 3.63) is 29.0 Å². The molecule has 0 amide bonds. The van der Waals surface area contributed by atoms with Gasteiger partial charge in [-0.2, -0.15) is 0 Å². The van der Waals surface area contributed by atoms with Crippen LogP contribution in [0.15, 0.2) is 23.2 Å². The number of anilines is 1. The molecule has 0 unspecified atom stereocenters. The molecule has 1 aromatic rings. The smallest absolute Gasteiger partial charge is 0.161 e. The van der Waals surface area contributed by atoms with Crippen LogP contribution in [0.5, 0.6) is 0 Å². The van der Waals surface area contributed by atoms with Crippen LogP contribution in [0.1, 0.15) is 32.1 Å². The molecule has 20 heavy (non-hydrogen) atoms. The van der Waals surface area contributed by atoms with Crippen molar-refractivity contribution in [2.24, 2.45) is 10.4 Å². The van der Waals surface area contributed by atoms with Crippen molar-refractivity contribution in [1.29, 1.82) is 0 Å². The lowest BCUT2D eigenvalue weighted by Gasteiger charge is -2.38. The maximum absolute atomic E-state index is 13.2. The van der Waals surface area contributed by atoms with E-state index in [1.807, 2.05) is 0 Å². The molecule has 0 bridgehead atoms. The van der Waals surface area contributed by atoms with Crippen molar-refractivity contribution in [3.8, 4) is 0 Å². The van der Waals surface area contributed by atoms with E-state index >= 15 is 0 Å². The van der Waals surface area contributed by atoms with E-state index in [4.69, 9.17) is 11.6 Å². The number of thioether (sulfide) groups is 1. The topological polar surface area (TPSA) is 24.4 Å². The Hall–Kier alpha value is -0.740. The molecule has 2 nitrogen and oxygen atoms in total. The van der Waals surface area contributed by atoms with Crippen molar-refractivity contribution in [3.63, 3.8) is 0 Å². The molecule has 0 aromatic heterocycles. The number of nitrogens with one attached hydrogen (secondary N) is 1. The zero-order chi connectivity index (χ0) is 14.0. The minimum Gasteiger partial charge on any atom is -0.334 e. The second-order valence-electron chi connectivity index (χ2n) is 5.72. The zero-order valence-corrected chi connectivity index (χ0v) is 12.9. The fourth-order valence-corrected chi connectivity index (χ4v) is 4.27. The average molecular weight is 313 g/mol. The Morgan fingerprint density at radius 2 is 2.05 bits per heavy atom. The maximum Gasteiger partial charge on any atom is 0.161 e. The Kier molecular flexibility index (Phi) is 4.22. The number of halogens is 2. The summed E-state index contributed by atoms with van der Waals surface area (Å²) >= 11 is 7.80. The van der Waals surface area contributed by atoms with Crippen LogP contribution in [-0.4, -0.2) is 17.5 Å². The van der Waals surface area contributed by atoms with Gasteiger partial charge in [0.2, 0.25) is 0 Å². The summed E-state index contributed by atoms with van der Waals surface area (Å²) in [6.45, 7) is 0.884. The average Bonchev–Trinajstić information content (AvgIpc) is 2.47. The Balaban J connectivity index is 1.69. The fourth-order valence-electron chi connectivity index (χ4n) is 2.94. The highest BCUT2D eigenvalue weighted by Crippen LogP contribution is 2.42. The van der Waals surface area contributed by atoms with Gasteiger partial charge in [-0.1, -0.05) is 42.6 Å². The molecule has 5 heteroatoms. The van der Waals surface area contributed by atoms with Crippen LogP contribution in [0.2, 0.25) is 5.02 Å². The van der Waals surface area contributed by atoms with Gasteiger partial charge in [-0.3, -0.25) is 4.99 Å². The normalized spacial score (nSPS) is 21.6. The van der Waals surface area contributed by atoms with E-state index in [1.165, 1.54) is 44.2 Å². The Morgan fingerprint density at radius 1 is 1.25 bits per heavy atom. The number of benzene rings is 1. The molecule has 2 aliphatic rings. The molecule has 1 aromatic carbocycles. The number of nitrogens with zero attached hydrogens (tertiary/aromatic N) is 1. The van der Waals surface area contributed by atoms with Crippen molar-refractivity contribution in [2.45, 2.75) is 32.1 Å². The second kappa shape index (κ2) is 5.94. The third-order valence-corrected chi connectivity index (χ3v) is 5.75. The number of rotatable bonds is 1. The van der Waals surface area contributed by atoms with Crippen LogP contribution in [0.3, 0.4) is 0 Å². The van der Waals surface area contributed by atoms with Crippen LogP contribution in [0.25, 0.3) is 0 Å². The van der Waals surface area contributed by atoms with Crippen molar-refractivity contribution in [1.82, 2.24) is 0 Å². The van der Waals surface area contributed by atoms with Crippen LogP contribution in [0, 0.1) is 11.2 Å². The molecule has 0 saturated heterocycles. The Bertz CT molecular complexity index is 527. The van der Waals surface area contributed by atoms with Gasteiger partial charge in [-0.05, 0) is 36.5 Å². The molecular formula is C15H18ClFN2S. The van der Waals surface area contributed by atoms with Gasteiger partial charge >= 0.3 is 0 Å². The standard InChI is InChI=1S/C15H18ClFN2S/c16-12-5-4-11(17)8-13(12)19-14-18-9-15(10-20-14)6-2-1-3-7-15/h4-5,8H,1-3,6-7,9-10H2,(H,18,19). The third kappa shape index (κ3) is 3.12. The van der Waals surface area contributed by atoms with E-state index in [0.29, 0.717) is 16.1 Å². The number of amidine groups is 1. The summed E-state index contributed by atoms with van der Waals surface area (Å²) in [6, 6.07) is 4.34. The summed E-state index contributed by atoms with van der Waals surface area (Å²) < 4.78 is 13.2. The first-order chi connectivity index (χ1) is 9.67. The van der Waals surface area contributed by atoms with Gasteiger partial charge in [-0.15, -0.1) is 0 Å². The first kappa shape index (κ1) is 14.2. The monoisotopic (exact) mass is 312 g/mol. The summed E-state index contributed by atoms with van der Waals surface area (Å²) in [4.78, 5) is 4.66. The summed E-state index contributed by atoms with van der Waals surface area (Å²) in [5.74, 6) is 0.813.